The molecule has 0 aliphatic rings. The van der Waals surface area contributed by atoms with Gasteiger partial charge in [0.05, 0.1) is 12.9 Å². The van der Waals surface area contributed by atoms with E-state index in [-0.39, 0.29) is 5.91 Å². The molecule has 2 heterocycles. The Morgan fingerprint density at radius 2 is 2.24 bits per heavy atom. The van der Waals surface area contributed by atoms with Crippen molar-refractivity contribution in [2.75, 3.05) is 0 Å². The molecule has 0 aliphatic heterocycles. The zero-order chi connectivity index (χ0) is 12.4. The predicted octanol–water partition coefficient (Wildman–Crippen LogP) is 1.30. The van der Waals surface area contributed by atoms with Crippen molar-refractivity contribution in [3.05, 3.63) is 41.2 Å². The fourth-order valence-electron chi connectivity index (χ4n) is 1.69. The monoisotopic (exact) mass is 232 g/mol. The summed E-state index contributed by atoms with van der Waals surface area (Å²) in [5.74, 6) is -0.150. The zero-order valence-corrected chi connectivity index (χ0v) is 10.2. The van der Waals surface area contributed by atoms with E-state index < -0.39 is 0 Å². The Kier molecular flexibility index (Phi) is 2.99. The van der Waals surface area contributed by atoms with Gasteiger partial charge in [0.2, 0.25) is 0 Å². The van der Waals surface area contributed by atoms with Crippen LogP contribution < -0.4 is 5.32 Å². The molecule has 0 saturated carbocycles. The van der Waals surface area contributed by atoms with Crippen LogP contribution in [0.2, 0.25) is 0 Å². The van der Waals surface area contributed by atoms with Crippen LogP contribution in [0.5, 0.6) is 0 Å². The summed E-state index contributed by atoms with van der Waals surface area (Å²) in [4.78, 5) is 18.7. The fraction of sp³-hybridized carbons (Fsp3) is 0.333. The fourth-order valence-corrected chi connectivity index (χ4v) is 1.69. The number of H-pyrrole nitrogens is 1. The lowest BCUT2D eigenvalue weighted by Gasteiger charge is -2.06. The van der Waals surface area contributed by atoms with Crippen molar-refractivity contribution >= 4 is 5.91 Å². The Balaban J connectivity index is 2.02. The van der Waals surface area contributed by atoms with Gasteiger partial charge in [0.15, 0.2) is 0 Å². The van der Waals surface area contributed by atoms with E-state index >= 15 is 0 Å². The number of hydrogen-bond donors (Lipinski definition) is 2. The minimum Gasteiger partial charge on any atom is -0.350 e. The van der Waals surface area contributed by atoms with E-state index in [0.717, 1.165) is 11.4 Å². The first-order chi connectivity index (χ1) is 8.09. The van der Waals surface area contributed by atoms with Gasteiger partial charge in [-0.1, -0.05) is 0 Å². The number of aromatic amines is 1. The summed E-state index contributed by atoms with van der Waals surface area (Å²) in [6, 6.07) is 4.04. The third-order valence-electron chi connectivity index (χ3n) is 2.95. The number of nitrogens with one attached hydrogen (secondary N) is 2. The summed E-state index contributed by atoms with van der Waals surface area (Å²) in [6.45, 7) is 4.37. The van der Waals surface area contributed by atoms with Crippen molar-refractivity contribution < 1.29 is 4.79 Å². The number of aryl methyl sites for hydroxylation is 2. The molecule has 0 atom stereocenters. The highest BCUT2D eigenvalue weighted by molar-refractivity contribution is 5.93. The number of carbonyl (C=O) groups excluding carboxylic acids is 1. The van der Waals surface area contributed by atoms with Crippen LogP contribution in [0.3, 0.4) is 0 Å². The first kappa shape index (κ1) is 11.4. The maximum absolute atomic E-state index is 11.8. The number of nitrogens with zero attached hydrogens (tertiary/aromatic N) is 2. The third-order valence-corrected chi connectivity index (χ3v) is 2.95. The largest absolute Gasteiger partial charge is 0.350 e. The number of aromatic nitrogens is 3. The molecule has 90 valence electrons. The Morgan fingerprint density at radius 1 is 1.47 bits per heavy atom. The predicted molar refractivity (Wildman–Crippen MR) is 64.6 cm³/mol. The Labute approximate surface area is 99.9 Å². The maximum Gasteiger partial charge on any atom is 0.272 e. The molecule has 0 aromatic carbocycles. The molecule has 2 aromatic heterocycles. The number of amides is 1. The summed E-state index contributed by atoms with van der Waals surface area (Å²) in [5, 5.41) is 2.85. The van der Waals surface area contributed by atoms with E-state index in [2.05, 4.69) is 19.9 Å². The first-order valence-electron chi connectivity index (χ1n) is 5.49. The van der Waals surface area contributed by atoms with Gasteiger partial charge < -0.3 is 14.9 Å². The van der Waals surface area contributed by atoms with Crippen LogP contribution in [0.15, 0.2) is 18.5 Å². The molecule has 1 amide bonds. The van der Waals surface area contributed by atoms with Gasteiger partial charge in [-0.2, -0.15) is 0 Å². The SMILES string of the molecule is Cc1[nH]cnc1C(=O)NCc1ccc(C)n1C. The number of hydrogen-bond acceptors (Lipinski definition) is 2. The molecule has 0 bridgehead atoms. The Bertz CT molecular complexity index is 538. The summed E-state index contributed by atoms with van der Waals surface area (Å²) in [6.07, 6.45) is 1.52. The van der Waals surface area contributed by atoms with Crippen molar-refractivity contribution in [3.8, 4) is 0 Å². The van der Waals surface area contributed by atoms with Crippen molar-refractivity contribution in [1.29, 1.82) is 0 Å². The Hall–Kier alpha value is -2.04. The number of imidazole rings is 1. The molecule has 0 radical (unpaired) electrons. The highest BCUT2D eigenvalue weighted by atomic mass is 16.1. The molecule has 17 heavy (non-hydrogen) atoms. The van der Waals surface area contributed by atoms with Gasteiger partial charge in [-0.25, -0.2) is 4.98 Å². The van der Waals surface area contributed by atoms with Gasteiger partial charge in [0.1, 0.15) is 5.69 Å². The topological polar surface area (TPSA) is 62.7 Å². The van der Waals surface area contributed by atoms with E-state index in [1.165, 1.54) is 12.0 Å². The molecule has 0 aliphatic carbocycles. The molecule has 0 saturated heterocycles. The van der Waals surface area contributed by atoms with Crippen LogP contribution in [0.4, 0.5) is 0 Å². The van der Waals surface area contributed by atoms with Crippen LogP contribution in [0.1, 0.15) is 27.6 Å². The zero-order valence-electron chi connectivity index (χ0n) is 10.2. The minimum absolute atomic E-state index is 0.150. The average Bonchev–Trinajstić information content (AvgIpc) is 2.85. The molecule has 0 fully saturated rings. The second-order valence-electron chi connectivity index (χ2n) is 4.08. The van der Waals surface area contributed by atoms with Crippen molar-refractivity contribution in [2.45, 2.75) is 20.4 Å². The van der Waals surface area contributed by atoms with E-state index in [4.69, 9.17) is 0 Å². The lowest BCUT2D eigenvalue weighted by molar-refractivity contribution is 0.0945. The maximum atomic E-state index is 11.8. The molecule has 0 unspecified atom stereocenters. The van der Waals surface area contributed by atoms with Crippen molar-refractivity contribution in [1.82, 2.24) is 19.9 Å². The van der Waals surface area contributed by atoms with Gasteiger partial charge in [-0.15, -0.1) is 0 Å². The van der Waals surface area contributed by atoms with Crippen LogP contribution in [0, 0.1) is 13.8 Å². The molecule has 2 N–H and O–H groups in total. The third kappa shape index (κ3) is 2.22. The van der Waals surface area contributed by atoms with Gasteiger partial charge in [-0.3, -0.25) is 4.79 Å². The smallest absolute Gasteiger partial charge is 0.272 e. The summed E-state index contributed by atoms with van der Waals surface area (Å²) in [5.41, 5.74) is 3.48. The van der Waals surface area contributed by atoms with Gasteiger partial charge in [0.25, 0.3) is 5.91 Å². The molecule has 5 heteroatoms. The quantitative estimate of drug-likeness (QED) is 0.837. The van der Waals surface area contributed by atoms with E-state index in [9.17, 15) is 4.79 Å². The van der Waals surface area contributed by atoms with E-state index in [0.29, 0.717) is 12.2 Å². The molecule has 5 nitrogen and oxygen atoms in total. The molecule has 2 rings (SSSR count). The average molecular weight is 232 g/mol. The minimum atomic E-state index is -0.150. The number of carbonyl (C=O) groups is 1. The molecule has 2 aromatic rings. The van der Waals surface area contributed by atoms with Gasteiger partial charge >= 0.3 is 0 Å². The van der Waals surface area contributed by atoms with Crippen LogP contribution in [-0.2, 0) is 13.6 Å². The summed E-state index contributed by atoms with van der Waals surface area (Å²) >= 11 is 0. The van der Waals surface area contributed by atoms with Crippen LogP contribution >= 0.6 is 0 Å². The molecule has 0 spiro atoms. The van der Waals surface area contributed by atoms with E-state index in [1.807, 2.05) is 33.0 Å². The van der Waals surface area contributed by atoms with Crippen molar-refractivity contribution in [2.24, 2.45) is 7.05 Å². The van der Waals surface area contributed by atoms with Crippen LogP contribution in [-0.4, -0.2) is 20.4 Å². The number of rotatable bonds is 3. The highest BCUT2D eigenvalue weighted by Gasteiger charge is 2.11. The lowest BCUT2D eigenvalue weighted by Crippen LogP contribution is -2.25. The molecular formula is C12H16N4O. The summed E-state index contributed by atoms with van der Waals surface area (Å²) < 4.78 is 2.05. The molecular weight excluding hydrogens is 216 g/mol. The van der Waals surface area contributed by atoms with Gasteiger partial charge in [0, 0.05) is 24.1 Å². The van der Waals surface area contributed by atoms with Crippen molar-refractivity contribution in [3.63, 3.8) is 0 Å². The van der Waals surface area contributed by atoms with Gasteiger partial charge in [-0.05, 0) is 26.0 Å². The highest BCUT2D eigenvalue weighted by Crippen LogP contribution is 2.06. The second kappa shape index (κ2) is 4.45. The Morgan fingerprint density at radius 3 is 2.76 bits per heavy atom. The van der Waals surface area contributed by atoms with Crippen LogP contribution in [0.25, 0.3) is 0 Å². The standard InChI is InChI=1S/C12H16N4O/c1-8-4-5-10(16(8)3)6-13-12(17)11-9(2)14-7-15-11/h4-5,7H,6H2,1-3H3,(H,13,17)(H,14,15). The first-order valence-corrected chi connectivity index (χ1v) is 5.49. The summed E-state index contributed by atoms with van der Waals surface area (Å²) in [7, 11) is 1.98. The lowest BCUT2D eigenvalue weighted by atomic mass is 10.3. The van der Waals surface area contributed by atoms with E-state index in [1.54, 1.807) is 0 Å². The normalized spacial score (nSPS) is 10.5. The second-order valence-corrected chi connectivity index (χ2v) is 4.08.